The minimum atomic E-state index is -0.0666. The molecule has 1 aromatic carbocycles. The van der Waals surface area contributed by atoms with E-state index in [4.69, 9.17) is 0 Å². The van der Waals surface area contributed by atoms with Crippen molar-refractivity contribution in [1.82, 2.24) is 14.8 Å². The standard InChI is InChI=1S/C21H25N3O2/c1-4-14-5-8-19-17(10-14)18(9-13(2)22-19)21(26)24-11-15-6-7-16(12-24)23(3)20(15)25/h5,8-10,15-16H,4,6-7,11-12H2,1-3H3. The van der Waals surface area contributed by atoms with E-state index in [2.05, 4.69) is 24.0 Å². The van der Waals surface area contributed by atoms with E-state index in [0.717, 1.165) is 35.9 Å². The fourth-order valence-corrected chi connectivity index (χ4v) is 4.30. The molecule has 5 rings (SSSR count). The average Bonchev–Trinajstić information content (AvgIpc) is 2.93. The van der Waals surface area contributed by atoms with Crippen molar-refractivity contribution in [3.05, 3.63) is 41.1 Å². The largest absolute Gasteiger partial charge is 0.341 e. The summed E-state index contributed by atoms with van der Waals surface area (Å²) < 4.78 is 0. The number of likely N-dealkylation sites (N-methyl/N-ethyl adjacent to an activating group) is 1. The lowest BCUT2D eigenvalue weighted by atomic mass is 9.95. The zero-order valence-corrected chi connectivity index (χ0v) is 15.7. The zero-order valence-electron chi connectivity index (χ0n) is 15.7. The van der Waals surface area contributed by atoms with Crippen molar-refractivity contribution in [2.75, 3.05) is 20.1 Å². The summed E-state index contributed by atoms with van der Waals surface area (Å²) in [5.41, 5.74) is 3.61. The van der Waals surface area contributed by atoms with Crippen molar-refractivity contribution < 1.29 is 9.59 Å². The number of carbonyl (C=O) groups excluding carboxylic acids is 2. The van der Waals surface area contributed by atoms with E-state index in [1.807, 2.05) is 35.9 Å². The van der Waals surface area contributed by atoms with Gasteiger partial charge in [-0.2, -0.15) is 0 Å². The molecule has 26 heavy (non-hydrogen) atoms. The Labute approximate surface area is 154 Å². The average molecular weight is 351 g/mol. The van der Waals surface area contributed by atoms with Gasteiger partial charge in [0.15, 0.2) is 0 Å². The van der Waals surface area contributed by atoms with Gasteiger partial charge in [0.05, 0.1) is 17.0 Å². The Balaban J connectivity index is 1.75. The summed E-state index contributed by atoms with van der Waals surface area (Å²) in [4.78, 5) is 34.2. The molecular formula is C21H25N3O2. The number of hydrogen-bond donors (Lipinski definition) is 0. The van der Waals surface area contributed by atoms with Crippen LogP contribution < -0.4 is 0 Å². The van der Waals surface area contributed by atoms with Crippen LogP contribution in [-0.4, -0.2) is 52.8 Å². The molecule has 3 saturated heterocycles. The lowest BCUT2D eigenvalue weighted by Gasteiger charge is -2.32. The van der Waals surface area contributed by atoms with Gasteiger partial charge in [0.1, 0.15) is 0 Å². The SMILES string of the molecule is CCc1ccc2nc(C)cc(C(=O)N3CC4CCC(C3)N(C)C4=O)c2c1. The van der Waals surface area contributed by atoms with Crippen LogP contribution in [-0.2, 0) is 11.2 Å². The molecule has 2 atom stereocenters. The van der Waals surface area contributed by atoms with E-state index in [1.54, 1.807) is 0 Å². The van der Waals surface area contributed by atoms with Crippen LogP contribution in [0, 0.1) is 12.8 Å². The quantitative estimate of drug-likeness (QED) is 0.836. The molecule has 1 aromatic heterocycles. The summed E-state index contributed by atoms with van der Waals surface area (Å²) in [6.45, 7) is 5.17. The number of carbonyl (C=O) groups is 2. The molecule has 0 saturated carbocycles. The summed E-state index contributed by atoms with van der Waals surface area (Å²) in [5, 5.41) is 0.913. The summed E-state index contributed by atoms with van der Waals surface area (Å²) in [6.07, 6.45) is 2.78. The Morgan fingerprint density at radius 2 is 2.04 bits per heavy atom. The van der Waals surface area contributed by atoms with Crippen LogP contribution in [0.5, 0.6) is 0 Å². The molecule has 4 heterocycles. The van der Waals surface area contributed by atoms with E-state index in [9.17, 15) is 9.59 Å². The molecular weight excluding hydrogens is 326 g/mol. The summed E-state index contributed by atoms with van der Waals surface area (Å²) >= 11 is 0. The molecule has 2 bridgehead atoms. The highest BCUT2D eigenvalue weighted by Gasteiger charge is 2.40. The third-order valence-electron chi connectivity index (χ3n) is 5.89. The highest BCUT2D eigenvalue weighted by atomic mass is 16.2. The maximum atomic E-state index is 13.4. The Kier molecular flexibility index (Phi) is 4.17. The molecule has 5 heteroatoms. The lowest BCUT2D eigenvalue weighted by molar-refractivity contribution is -0.138. The fourth-order valence-electron chi connectivity index (χ4n) is 4.30. The molecule has 5 nitrogen and oxygen atoms in total. The molecule has 0 N–H and O–H groups in total. The van der Waals surface area contributed by atoms with Crippen LogP contribution in [0.3, 0.4) is 0 Å². The fraction of sp³-hybridized carbons (Fsp3) is 0.476. The maximum Gasteiger partial charge on any atom is 0.254 e. The normalized spacial score (nSPS) is 22.8. The number of benzene rings is 1. The van der Waals surface area contributed by atoms with Gasteiger partial charge in [-0.1, -0.05) is 13.0 Å². The number of nitrogens with zero attached hydrogens (tertiary/aromatic N) is 3. The van der Waals surface area contributed by atoms with Crippen molar-refractivity contribution in [3.8, 4) is 0 Å². The van der Waals surface area contributed by atoms with Crippen LogP contribution >= 0.6 is 0 Å². The van der Waals surface area contributed by atoms with Gasteiger partial charge in [0.2, 0.25) is 5.91 Å². The first-order valence-corrected chi connectivity index (χ1v) is 9.44. The highest BCUT2D eigenvalue weighted by Crippen LogP contribution is 2.30. The van der Waals surface area contributed by atoms with Gasteiger partial charge in [-0.3, -0.25) is 14.6 Å². The molecule has 0 radical (unpaired) electrons. The van der Waals surface area contributed by atoms with Crippen LogP contribution in [0.1, 0.15) is 41.4 Å². The van der Waals surface area contributed by atoms with Gasteiger partial charge in [-0.05, 0) is 49.9 Å². The first-order chi connectivity index (χ1) is 12.5. The Hall–Kier alpha value is -2.43. The molecule has 3 aliphatic rings. The molecule has 136 valence electrons. The number of fused-ring (bicyclic) bond motifs is 5. The van der Waals surface area contributed by atoms with E-state index in [0.29, 0.717) is 18.7 Å². The monoisotopic (exact) mass is 351 g/mol. The third kappa shape index (κ3) is 2.75. The second kappa shape index (κ2) is 6.38. The molecule has 2 amide bonds. The molecule has 3 aliphatic heterocycles. The van der Waals surface area contributed by atoms with E-state index in [-0.39, 0.29) is 23.8 Å². The topological polar surface area (TPSA) is 53.5 Å². The van der Waals surface area contributed by atoms with Gasteiger partial charge < -0.3 is 9.80 Å². The van der Waals surface area contributed by atoms with Crippen molar-refractivity contribution in [2.45, 2.75) is 39.2 Å². The van der Waals surface area contributed by atoms with Gasteiger partial charge in [0.25, 0.3) is 5.91 Å². The number of aryl methyl sites for hydroxylation is 2. The minimum absolute atomic E-state index is 0.0220. The number of pyridine rings is 1. The van der Waals surface area contributed by atoms with E-state index >= 15 is 0 Å². The van der Waals surface area contributed by atoms with Crippen molar-refractivity contribution in [3.63, 3.8) is 0 Å². The predicted molar refractivity (Wildman–Crippen MR) is 101 cm³/mol. The first kappa shape index (κ1) is 17.0. The van der Waals surface area contributed by atoms with E-state index < -0.39 is 0 Å². The summed E-state index contributed by atoms with van der Waals surface area (Å²) in [6, 6.07) is 8.18. The van der Waals surface area contributed by atoms with Crippen LogP contribution in [0.15, 0.2) is 24.3 Å². The van der Waals surface area contributed by atoms with Crippen LogP contribution in [0.4, 0.5) is 0 Å². The Morgan fingerprint density at radius 1 is 1.23 bits per heavy atom. The van der Waals surface area contributed by atoms with Crippen molar-refractivity contribution >= 4 is 22.7 Å². The molecule has 0 aliphatic carbocycles. The first-order valence-electron chi connectivity index (χ1n) is 9.44. The smallest absolute Gasteiger partial charge is 0.254 e. The lowest BCUT2D eigenvalue weighted by Crippen LogP contribution is -2.45. The molecule has 2 aromatic rings. The molecule has 2 unspecified atom stereocenters. The predicted octanol–water partition coefficient (Wildman–Crippen LogP) is 2.80. The number of rotatable bonds is 2. The number of aromatic nitrogens is 1. The second-order valence-corrected chi connectivity index (χ2v) is 7.60. The zero-order chi connectivity index (χ0) is 18.4. The van der Waals surface area contributed by atoms with Gasteiger partial charge >= 0.3 is 0 Å². The van der Waals surface area contributed by atoms with E-state index in [1.165, 1.54) is 5.56 Å². The number of piperidine rings is 1. The minimum Gasteiger partial charge on any atom is -0.341 e. The molecule has 3 fully saturated rings. The van der Waals surface area contributed by atoms with Crippen LogP contribution in [0.25, 0.3) is 10.9 Å². The number of amides is 2. The molecule has 0 spiro atoms. The van der Waals surface area contributed by atoms with Crippen LogP contribution in [0.2, 0.25) is 0 Å². The Bertz CT molecular complexity index is 892. The Morgan fingerprint density at radius 3 is 2.81 bits per heavy atom. The summed E-state index contributed by atoms with van der Waals surface area (Å²) in [7, 11) is 1.87. The third-order valence-corrected chi connectivity index (χ3v) is 5.89. The van der Waals surface area contributed by atoms with Gasteiger partial charge in [-0.25, -0.2) is 0 Å². The number of hydrogen-bond acceptors (Lipinski definition) is 3. The second-order valence-electron chi connectivity index (χ2n) is 7.60. The van der Waals surface area contributed by atoms with Gasteiger partial charge in [0, 0.05) is 37.3 Å². The van der Waals surface area contributed by atoms with Crippen molar-refractivity contribution in [2.24, 2.45) is 5.92 Å². The van der Waals surface area contributed by atoms with Crippen molar-refractivity contribution in [1.29, 1.82) is 0 Å². The summed E-state index contributed by atoms with van der Waals surface area (Å²) in [5.74, 6) is 0.137. The highest BCUT2D eigenvalue weighted by molar-refractivity contribution is 6.06. The maximum absolute atomic E-state index is 13.4. The van der Waals surface area contributed by atoms with Gasteiger partial charge in [-0.15, -0.1) is 0 Å².